The van der Waals surface area contributed by atoms with Gasteiger partial charge in [0, 0.05) is 10.6 Å². The molecule has 0 saturated heterocycles. The van der Waals surface area contributed by atoms with E-state index in [4.69, 9.17) is 17.3 Å². The molecule has 0 atom stereocenters. The van der Waals surface area contributed by atoms with Gasteiger partial charge in [0.15, 0.2) is 0 Å². The van der Waals surface area contributed by atoms with E-state index in [0.29, 0.717) is 11.4 Å². The first-order valence-electron chi connectivity index (χ1n) is 8.06. The lowest BCUT2D eigenvalue weighted by atomic mass is 9.95. The van der Waals surface area contributed by atoms with Crippen molar-refractivity contribution in [3.63, 3.8) is 0 Å². The fourth-order valence-corrected chi connectivity index (χ4v) is 4.51. The molecule has 10 heteroatoms. The van der Waals surface area contributed by atoms with Crippen LogP contribution in [0.15, 0.2) is 18.2 Å². The summed E-state index contributed by atoms with van der Waals surface area (Å²) in [6.07, 6.45) is -1.21. The number of urea groups is 1. The third-order valence-corrected chi connectivity index (χ3v) is 5.71. The van der Waals surface area contributed by atoms with Crippen molar-refractivity contribution < 1.29 is 22.8 Å². The second kappa shape index (κ2) is 7.40. The average molecular weight is 418 g/mol. The molecule has 2 aromatic rings. The molecule has 1 aliphatic carbocycles. The Morgan fingerprint density at radius 3 is 2.52 bits per heavy atom. The highest BCUT2D eigenvalue weighted by atomic mass is 35.5. The molecule has 0 radical (unpaired) electrons. The molecule has 0 spiro atoms. The second-order valence-electron chi connectivity index (χ2n) is 6.05. The van der Waals surface area contributed by atoms with Crippen molar-refractivity contribution in [2.24, 2.45) is 5.73 Å². The number of rotatable bonds is 3. The molecule has 5 nitrogen and oxygen atoms in total. The van der Waals surface area contributed by atoms with Crippen molar-refractivity contribution in [3.8, 4) is 0 Å². The average Bonchev–Trinajstić information content (AvgIpc) is 2.93. The zero-order valence-electron chi connectivity index (χ0n) is 13.9. The number of alkyl halides is 3. The topological polar surface area (TPSA) is 84.2 Å². The molecular formula is C17H15ClF3N3O2S. The lowest BCUT2D eigenvalue weighted by Gasteiger charge is -2.12. The largest absolute Gasteiger partial charge is 0.417 e. The third kappa shape index (κ3) is 4.19. The first kappa shape index (κ1) is 19.5. The second-order valence-corrected chi connectivity index (χ2v) is 7.56. The smallest absolute Gasteiger partial charge is 0.365 e. The highest BCUT2D eigenvalue weighted by molar-refractivity contribution is 7.17. The van der Waals surface area contributed by atoms with Crippen molar-refractivity contribution in [1.29, 1.82) is 0 Å². The van der Waals surface area contributed by atoms with E-state index in [2.05, 4.69) is 10.6 Å². The van der Waals surface area contributed by atoms with Crippen molar-refractivity contribution >= 4 is 45.6 Å². The van der Waals surface area contributed by atoms with Crippen molar-refractivity contribution in [2.75, 3.05) is 10.6 Å². The van der Waals surface area contributed by atoms with Crippen LogP contribution in [0.4, 0.5) is 28.7 Å². The van der Waals surface area contributed by atoms with E-state index in [1.54, 1.807) is 0 Å². The van der Waals surface area contributed by atoms with Crippen molar-refractivity contribution in [1.82, 2.24) is 0 Å². The number of amides is 3. The van der Waals surface area contributed by atoms with Gasteiger partial charge >= 0.3 is 12.2 Å². The summed E-state index contributed by atoms with van der Waals surface area (Å²) < 4.78 is 38.8. The number of carbonyl (C=O) groups excluding carboxylic acids is 2. The summed E-state index contributed by atoms with van der Waals surface area (Å²) in [6.45, 7) is 0. The number of primary amides is 1. The quantitative estimate of drug-likeness (QED) is 0.653. The molecular weight excluding hydrogens is 403 g/mol. The number of aryl methyl sites for hydroxylation is 1. The third-order valence-electron chi connectivity index (χ3n) is 4.17. The summed E-state index contributed by atoms with van der Waals surface area (Å²) in [7, 11) is 0. The van der Waals surface area contributed by atoms with Gasteiger partial charge in [-0.3, -0.25) is 10.1 Å². The Morgan fingerprint density at radius 2 is 1.85 bits per heavy atom. The Balaban J connectivity index is 1.81. The van der Waals surface area contributed by atoms with Crippen molar-refractivity contribution in [3.05, 3.63) is 44.8 Å². The summed E-state index contributed by atoms with van der Waals surface area (Å²) in [5.41, 5.74) is 5.45. The van der Waals surface area contributed by atoms with Crippen LogP contribution >= 0.6 is 22.9 Å². The molecule has 0 bridgehead atoms. The first-order valence-corrected chi connectivity index (χ1v) is 9.25. The van der Waals surface area contributed by atoms with Gasteiger partial charge in [-0.1, -0.05) is 11.6 Å². The van der Waals surface area contributed by atoms with Crippen LogP contribution in [0.1, 0.15) is 39.2 Å². The Labute approximate surface area is 161 Å². The van der Waals surface area contributed by atoms with Gasteiger partial charge in [-0.15, -0.1) is 11.3 Å². The Hall–Kier alpha value is -2.26. The Kier molecular flexibility index (Phi) is 5.34. The van der Waals surface area contributed by atoms with E-state index in [-0.39, 0.29) is 11.3 Å². The molecule has 1 aromatic heterocycles. The fourth-order valence-electron chi connectivity index (χ4n) is 3.00. The van der Waals surface area contributed by atoms with E-state index < -0.39 is 28.7 Å². The van der Waals surface area contributed by atoms with Gasteiger partial charge < -0.3 is 11.1 Å². The Morgan fingerprint density at radius 1 is 1.15 bits per heavy atom. The summed E-state index contributed by atoms with van der Waals surface area (Å²) >= 11 is 6.83. The van der Waals surface area contributed by atoms with Crippen LogP contribution in [0.3, 0.4) is 0 Å². The molecule has 0 saturated carbocycles. The van der Waals surface area contributed by atoms with Crippen LogP contribution in [-0.2, 0) is 19.0 Å². The minimum Gasteiger partial charge on any atom is -0.365 e. The van der Waals surface area contributed by atoms with Crippen LogP contribution in [0.25, 0.3) is 0 Å². The summed E-state index contributed by atoms with van der Waals surface area (Å²) in [5, 5.41) is 4.69. The van der Waals surface area contributed by atoms with Gasteiger partial charge in [-0.25, -0.2) is 4.79 Å². The van der Waals surface area contributed by atoms with Crippen LogP contribution in [0.2, 0.25) is 5.02 Å². The maximum absolute atomic E-state index is 12.9. The van der Waals surface area contributed by atoms with E-state index in [1.165, 1.54) is 17.4 Å². The van der Waals surface area contributed by atoms with E-state index in [0.717, 1.165) is 41.8 Å². The molecule has 0 aliphatic heterocycles. The minimum atomic E-state index is -4.64. The number of nitrogens with two attached hydrogens (primary N) is 1. The maximum atomic E-state index is 12.9. The standard InChI is InChI=1S/C17H15ClF3N3O2S/c18-11-6-5-8(7-10(11)17(19,20)21)23-16(26)24-15-13(14(22)25)9-3-1-2-4-12(9)27-15/h5-7H,1-4H2,(H2,22,25)(H2,23,24,26). The number of nitrogens with one attached hydrogen (secondary N) is 2. The minimum absolute atomic E-state index is 0.0776. The van der Waals surface area contributed by atoms with Crippen LogP contribution in [-0.4, -0.2) is 11.9 Å². The highest BCUT2D eigenvalue weighted by Crippen LogP contribution is 2.38. The normalized spacial score (nSPS) is 13.8. The molecule has 27 heavy (non-hydrogen) atoms. The molecule has 3 amide bonds. The lowest BCUT2D eigenvalue weighted by molar-refractivity contribution is -0.137. The predicted octanol–water partition coefficient (Wildman–Crippen LogP) is 5.04. The summed E-state index contributed by atoms with van der Waals surface area (Å²) in [6, 6.07) is 2.28. The van der Waals surface area contributed by atoms with Crippen LogP contribution in [0.5, 0.6) is 0 Å². The van der Waals surface area contributed by atoms with E-state index in [9.17, 15) is 22.8 Å². The molecule has 3 rings (SSSR count). The Bertz CT molecular complexity index is 912. The summed E-state index contributed by atoms with van der Waals surface area (Å²) in [5.74, 6) is -0.643. The van der Waals surface area contributed by atoms with Crippen LogP contribution < -0.4 is 16.4 Å². The number of halogens is 4. The summed E-state index contributed by atoms with van der Waals surface area (Å²) in [4.78, 5) is 25.0. The highest BCUT2D eigenvalue weighted by Gasteiger charge is 2.33. The lowest BCUT2D eigenvalue weighted by Crippen LogP contribution is -2.22. The first-order chi connectivity index (χ1) is 12.7. The molecule has 144 valence electrons. The zero-order valence-corrected chi connectivity index (χ0v) is 15.4. The zero-order chi connectivity index (χ0) is 19.8. The number of carbonyl (C=O) groups is 2. The molecule has 4 N–H and O–H groups in total. The number of hydrogen-bond acceptors (Lipinski definition) is 3. The molecule has 1 heterocycles. The van der Waals surface area contributed by atoms with E-state index >= 15 is 0 Å². The molecule has 0 fully saturated rings. The molecule has 0 unspecified atom stereocenters. The van der Waals surface area contributed by atoms with Gasteiger partial charge in [0.05, 0.1) is 16.1 Å². The fraction of sp³-hybridized carbons (Fsp3) is 0.294. The van der Waals surface area contributed by atoms with Crippen molar-refractivity contribution in [2.45, 2.75) is 31.9 Å². The number of benzene rings is 1. The van der Waals surface area contributed by atoms with Crippen LogP contribution in [0, 0.1) is 0 Å². The maximum Gasteiger partial charge on any atom is 0.417 e. The van der Waals surface area contributed by atoms with E-state index in [1.807, 2.05) is 0 Å². The SMILES string of the molecule is NC(=O)c1c(NC(=O)Nc2ccc(Cl)c(C(F)(F)F)c2)sc2c1CCCC2. The number of thiophene rings is 1. The monoisotopic (exact) mass is 417 g/mol. The van der Waals surface area contributed by atoms with Gasteiger partial charge in [-0.2, -0.15) is 13.2 Å². The number of hydrogen-bond donors (Lipinski definition) is 3. The van der Waals surface area contributed by atoms with Gasteiger partial charge in [0.2, 0.25) is 0 Å². The molecule has 1 aromatic carbocycles. The van der Waals surface area contributed by atoms with Gasteiger partial charge in [-0.05, 0) is 49.4 Å². The predicted molar refractivity (Wildman–Crippen MR) is 98.6 cm³/mol. The number of fused-ring (bicyclic) bond motifs is 1. The number of anilines is 2. The molecule has 1 aliphatic rings. The van der Waals surface area contributed by atoms with Gasteiger partial charge in [0.1, 0.15) is 5.00 Å². The van der Waals surface area contributed by atoms with Gasteiger partial charge in [0.25, 0.3) is 5.91 Å².